The maximum atomic E-state index is 14.4. The van der Waals surface area contributed by atoms with Crippen molar-refractivity contribution in [3.63, 3.8) is 0 Å². The number of fused-ring (bicyclic) bond motifs is 1. The molecule has 6 atom stereocenters. The molecule has 0 aliphatic carbocycles. The number of rotatable bonds is 27. The van der Waals surface area contributed by atoms with Crippen LogP contribution in [0.3, 0.4) is 0 Å². The minimum atomic E-state index is -4.83. The van der Waals surface area contributed by atoms with Crippen molar-refractivity contribution >= 4 is 86.5 Å². The van der Waals surface area contributed by atoms with Crippen LogP contribution < -0.4 is 76.5 Å². The smallest absolute Gasteiger partial charge is 0.861 e. The number of amides is 7. The summed E-state index contributed by atoms with van der Waals surface area (Å²) in [5.41, 5.74) is 5.76. The molecule has 24 nitrogen and oxygen atoms in total. The maximum Gasteiger partial charge on any atom is 1.00 e. The summed E-state index contributed by atoms with van der Waals surface area (Å²) in [5.74, 6) is -7.91. The Morgan fingerprint density at radius 1 is 0.731 bits per heavy atom. The van der Waals surface area contributed by atoms with E-state index in [0.717, 1.165) is 0 Å². The van der Waals surface area contributed by atoms with E-state index in [1.54, 1.807) is 109 Å². The van der Waals surface area contributed by atoms with Gasteiger partial charge in [-0.2, -0.15) is 20.2 Å². The summed E-state index contributed by atoms with van der Waals surface area (Å²) in [4.78, 5) is 114. The average Bonchev–Trinajstić information content (AvgIpc) is 3.74. The fourth-order valence-electron chi connectivity index (χ4n) is 7.58. The monoisotopic (exact) mass is 1130 g/mol. The Kier molecular flexibility index (Phi) is 25.1. The summed E-state index contributed by atoms with van der Waals surface area (Å²) in [6.07, 6.45) is 1.09. The molecule has 0 aliphatic heterocycles. The van der Waals surface area contributed by atoms with Crippen molar-refractivity contribution in [2.24, 2.45) is 16.1 Å². The van der Waals surface area contributed by atoms with Gasteiger partial charge in [-0.15, -0.1) is 0 Å². The van der Waals surface area contributed by atoms with Gasteiger partial charge in [-0.25, -0.2) is 4.79 Å². The normalized spacial score (nSPS) is 14.1. The van der Waals surface area contributed by atoms with E-state index in [1.807, 2.05) is 0 Å². The Hall–Kier alpha value is -6.71. The van der Waals surface area contributed by atoms with E-state index in [1.165, 1.54) is 36.0 Å². The third-order valence-corrected chi connectivity index (χ3v) is 12.3. The zero-order chi connectivity index (χ0) is 57.3. The first-order valence-corrected chi connectivity index (χ1v) is 26.8. The van der Waals surface area contributed by atoms with E-state index in [2.05, 4.69) is 46.1 Å². The molecule has 4 rings (SSSR count). The van der Waals surface area contributed by atoms with Gasteiger partial charge < -0.3 is 61.8 Å². The van der Waals surface area contributed by atoms with Gasteiger partial charge in [0, 0.05) is 42.9 Å². The second kappa shape index (κ2) is 29.9. The molecule has 3 aromatic carbocycles. The summed E-state index contributed by atoms with van der Waals surface area (Å²) in [6, 6.07) is 12.1. The van der Waals surface area contributed by atoms with E-state index in [9.17, 15) is 57.0 Å². The van der Waals surface area contributed by atoms with E-state index in [4.69, 9.17) is 15.0 Å². The Balaban J connectivity index is 0.0000160. The standard InChI is InChI=1S/C51H67N9O15S2.Na/c1-50(2,3)42(48(69)58-39(26-41(62)63)46(67)57-36(43(52)64)23-29-13-9-8-10-14-29)60-47(68)38(25-31-27-53-34-16-12-11-15-33(31)34)55-40(61)28-54-44(65)35(21-22-76-7)56-45(66)37(59-49(70)74-51(4,5)6)24-30-17-19-32(20-18-30)75-77(71,72)73;/h8-20,27,35-39,42,53H,21-26,28H2,1-7H3,(H2,52,64)(H,54,65)(H,55,61)(H,56,66)(H,57,67)(H,58,69)(H,59,70)(H,60,68)(H,62,63)(H,71,72,73);/q;+1/p-1/t35-,36-,37-,38-,39-,42+;/m0./s1. The molecular formula is C51H66N9NaO15S2. The number of carboxylic acids is 1. The molecule has 1 aromatic heterocycles. The first-order chi connectivity index (χ1) is 36.0. The Labute approximate surface area is 478 Å². The number of H-pyrrole nitrogens is 1. The molecule has 0 unspecified atom stereocenters. The van der Waals surface area contributed by atoms with Crippen LogP contribution in [-0.4, -0.2) is 137 Å². The number of hydrogen-bond acceptors (Lipinski definition) is 15. The number of aliphatic imine (C=N–C) groups is 1. The predicted molar refractivity (Wildman–Crippen MR) is 283 cm³/mol. The number of carboxylic acid groups (broad SMARTS) is 1. The van der Waals surface area contributed by atoms with Crippen molar-refractivity contribution < 1.29 is 100 Å². The number of benzene rings is 3. The number of thioether (sulfide) groups is 1. The quantitative estimate of drug-likeness (QED) is 0.0137. The average molecular weight is 1130 g/mol. The van der Waals surface area contributed by atoms with Gasteiger partial charge in [0.2, 0.25) is 35.4 Å². The van der Waals surface area contributed by atoms with Crippen LogP contribution in [0.2, 0.25) is 0 Å². The Morgan fingerprint density at radius 2 is 1.31 bits per heavy atom. The zero-order valence-corrected chi connectivity index (χ0v) is 48.2. The topological polar surface area (TPSA) is 379 Å². The molecule has 418 valence electrons. The van der Waals surface area contributed by atoms with E-state index in [0.29, 0.717) is 33.3 Å². The van der Waals surface area contributed by atoms with Gasteiger partial charge in [-0.1, -0.05) is 81.4 Å². The minimum absolute atomic E-state index is 0. The molecule has 0 radical (unpaired) electrons. The van der Waals surface area contributed by atoms with E-state index >= 15 is 0 Å². The number of alkyl carbamates (subject to hydrolysis) is 1. The van der Waals surface area contributed by atoms with Crippen LogP contribution in [0, 0.1) is 5.41 Å². The van der Waals surface area contributed by atoms with Crippen LogP contribution in [-0.2, 0) is 68.0 Å². The number of aromatic amines is 1. The van der Waals surface area contributed by atoms with Gasteiger partial charge in [0.25, 0.3) is 0 Å². The first kappa shape index (κ1) is 65.6. The molecule has 0 spiro atoms. The third-order valence-electron chi connectivity index (χ3n) is 11.3. The van der Waals surface area contributed by atoms with Crippen LogP contribution in [0.5, 0.6) is 5.75 Å². The van der Waals surface area contributed by atoms with Crippen molar-refractivity contribution in [3.05, 3.63) is 102 Å². The van der Waals surface area contributed by atoms with Crippen molar-refractivity contribution in [1.29, 1.82) is 0 Å². The number of nitrogens with zero attached hydrogens (tertiary/aromatic N) is 1. The number of carbonyl (C=O) groups excluding carboxylic acids is 7. The molecule has 0 bridgehead atoms. The van der Waals surface area contributed by atoms with Gasteiger partial charge in [-0.05, 0) is 85.4 Å². The van der Waals surface area contributed by atoms with Crippen LogP contribution in [0.15, 0.2) is 90.1 Å². The molecular weight excluding hydrogens is 1070 g/mol. The van der Waals surface area contributed by atoms with Gasteiger partial charge in [-0.3, -0.25) is 43.1 Å². The van der Waals surface area contributed by atoms with Crippen LogP contribution in [0.4, 0.5) is 4.79 Å². The van der Waals surface area contributed by atoms with Crippen molar-refractivity contribution in [1.82, 2.24) is 36.9 Å². The molecule has 1 heterocycles. The summed E-state index contributed by atoms with van der Waals surface area (Å²) >= 11 is 1.35. The minimum Gasteiger partial charge on any atom is -0.861 e. The maximum absolute atomic E-state index is 14.4. The summed E-state index contributed by atoms with van der Waals surface area (Å²) < 4.78 is 41.2. The number of ether oxygens (including phenoxy) is 1. The Bertz CT molecular complexity index is 2880. The van der Waals surface area contributed by atoms with Crippen LogP contribution in [0.25, 0.3) is 10.9 Å². The summed E-state index contributed by atoms with van der Waals surface area (Å²) in [6.45, 7) is 8.81. The zero-order valence-electron chi connectivity index (χ0n) is 44.5. The molecule has 0 fully saturated rings. The molecule has 11 N–H and O–H groups in total. The second-order valence-electron chi connectivity index (χ2n) is 19.8. The van der Waals surface area contributed by atoms with Gasteiger partial charge in [0.05, 0.1) is 6.42 Å². The Morgan fingerprint density at radius 3 is 1.90 bits per heavy atom. The molecule has 0 saturated carbocycles. The number of para-hydroxylation sites is 1. The molecule has 7 amide bonds. The number of primary amides is 1. The fraction of sp³-hybridized carbons (Fsp3) is 0.431. The number of nitrogens with one attached hydrogen (secondary N) is 7. The fourth-order valence-corrected chi connectivity index (χ4v) is 8.41. The SMILES string of the molecule is CSCC[C@H](NC(=O)[C@H](Cc1ccc(OS(=O)(=O)O)cc1)NC(=O)OC(C)(C)C)C(=O)NCC([O-])=N[C@@H](Cc1c[nH]c2ccccc12)C(=O)N[C@H](C(=O)N[C@@H](CC(=O)O)C(=O)N[C@@H](Cc1ccccc1)C(N)=O)C(C)(C)C.[Na+]. The number of aromatic nitrogens is 1. The van der Waals surface area contributed by atoms with Crippen molar-refractivity contribution in [3.8, 4) is 5.75 Å². The van der Waals surface area contributed by atoms with Crippen molar-refractivity contribution in [2.45, 2.75) is 115 Å². The molecule has 27 heteroatoms. The second-order valence-corrected chi connectivity index (χ2v) is 21.8. The van der Waals surface area contributed by atoms with Gasteiger partial charge in [0.1, 0.15) is 47.6 Å². The number of hydrogen-bond donors (Lipinski definition) is 10. The predicted octanol–water partition coefficient (Wildman–Crippen LogP) is -1.78. The molecule has 78 heavy (non-hydrogen) atoms. The van der Waals surface area contributed by atoms with Crippen LogP contribution in [0.1, 0.15) is 71.1 Å². The summed E-state index contributed by atoms with van der Waals surface area (Å²) in [7, 11) is -4.83. The van der Waals surface area contributed by atoms with Gasteiger partial charge >= 0.3 is 52.0 Å². The van der Waals surface area contributed by atoms with E-state index in [-0.39, 0.29) is 61.0 Å². The number of carbonyl (C=O) groups is 8. The number of aliphatic carboxylic acids is 1. The molecule has 0 aliphatic rings. The third kappa shape index (κ3) is 22.3. The van der Waals surface area contributed by atoms with Gasteiger partial charge in [0.15, 0.2) is 0 Å². The first-order valence-electron chi connectivity index (χ1n) is 24.1. The van der Waals surface area contributed by atoms with Crippen LogP contribution >= 0.6 is 11.8 Å². The molecule has 4 aromatic rings. The van der Waals surface area contributed by atoms with Crippen molar-refractivity contribution in [2.75, 3.05) is 18.6 Å². The van der Waals surface area contributed by atoms with E-state index < -0.39 is 124 Å². The summed E-state index contributed by atoms with van der Waals surface area (Å²) in [5, 5.41) is 39.2. The number of nitrogens with two attached hydrogens (primary N) is 1. The molecule has 0 saturated heterocycles. The largest absolute Gasteiger partial charge is 1.00 e.